The third-order valence-corrected chi connectivity index (χ3v) is 6.59. The van der Waals surface area contributed by atoms with Gasteiger partial charge in [0, 0.05) is 24.8 Å². The Bertz CT molecular complexity index is 551. The molecule has 0 unspecified atom stereocenters. The fourth-order valence-corrected chi connectivity index (χ4v) is 5.48. The molecule has 0 aliphatic carbocycles. The van der Waals surface area contributed by atoms with Gasteiger partial charge >= 0.3 is 0 Å². The Morgan fingerprint density at radius 1 is 1.00 bits per heavy atom. The number of unbranched alkanes of at least 4 members (excludes halogenated alkanes) is 3. The molecule has 0 bridgehead atoms. The number of aryl methyl sites for hydroxylation is 3. The zero-order valence-corrected chi connectivity index (χ0v) is 15.8. The maximum absolute atomic E-state index is 3.59. The van der Waals surface area contributed by atoms with E-state index in [1.54, 1.807) is 5.56 Å². The molecule has 0 aliphatic rings. The zero-order valence-electron chi connectivity index (χ0n) is 12.6. The average molecular weight is 371 g/mol. The maximum atomic E-state index is 3.59. The maximum Gasteiger partial charge on any atom is 0.0477 e. The Morgan fingerprint density at radius 2 is 1.80 bits per heavy atom. The van der Waals surface area contributed by atoms with Gasteiger partial charge in [-0.15, -0.1) is 22.7 Å². The van der Waals surface area contributed by atoms with Crippen LogP contribution in [0.5, 0.6) is 0 Å². The first kappa shape index (κ1) is 16.3. The summed E-state index contributed by atoms with van der Waals surface area (Å²) in [6.45, 7) is 6.73. The Kier molecular flexibility index (Phi) is 6.31. The van der Waals surface area contributed by atoms with Crippen LogP contribution in [-0.2, 0) is 11.8 Å². The van der Waals surface area contributed by atoms with Crippen LogP contribution in [0.2, 0.25) is 0 Å². The van der Waals surface area contributed by atoms with E-state index in [4.69, 9.17) is 0 Å². The molecule has 0 aliphatic heterocycles. The van der Waals surface area contributed by atoms with Gasteiger partial charge in [0.1, 0.15) is 0 Å². The van der Waals surface area contributed by atoms with Crippen molar-refractivity contribution in [2.24, 2.45) is 0 Å². The number of hydrogen-bond acceptors (Lipinski definition) is 2. The van der Waals surface area contributed by atoms with Crippen LogP contribution < -0.4 is 0 Å². The van der Waals surface area contributed by atoms with Crippen molar-refractivity contribution in [3.05, 3.63) is 33.0 Å². The Morgan fingerprint density at radius 3 is 2.45 bits per heavy atom. The van der Waals surface area contributed by atoms with E-state index in [1.807, 2.05) is 22.7 Å². The van der Waals surface area contributed by atoms with Gasteiger partial charge in [-0.1, -0.05) is 42.1 Å². The topological polar surface area (TPSA) is 0 Å². The van der Waals surface area contributed by atoms with E-state index in [9.17, 15) is 0 Å². The molecule has 2 rings (SSSR count). The fourth-order valence-electron chi connectivity index (χ4n) is 2.47. The lowest BCUT2D eigenvalue weighted by Gasteiger charge is -2.02. The zero-order chi connectivity index (χ0) is 14.5. The Balaban J connectivity index is 2.17. The summed E-state index contributed by atoms with van der Waals surface area (Å²) in [4.78, 5) is 5.86. The van der Waals surface area contributed by atoms with Crippen LogP contribution in [0.15, 0.2) is 12.1 Å². The second-order valence-corrected chi connectivity index (χ2v) is 8.42. The summed E-state index contributed by atoms with van der Waals surface area (Å²) >= 11 is 7.49. The third-order valence-electron chi connectivity index (χ3n) is 3.62. The fraction of sp³-hybridized carbons (Fsp3) is 0.529. The number of rotatable bonds is 7. The molecule has 0 fully saturated rings. The lowest BCUT2D eigenvalue weighted by atomic mass is 10.1. The molecule has 2 aromatic rings. The summed E-state index contributed by atoms with van der Waals surface area (Å²) in [6, 6.07) is 4.77. The van der Waals surface area contributed by atoms with E-state index < -0.39 is 0 Å². The predicted octanol–water partition coefficient (Wildman–Crippen LogP) is 7.11. The van der Waals surface area contributed by atoms with Crippen molar-refractivity contribution in [2.75, 3.05) is 0 Å². The van der Waals surface area contributed by atoms with E-state index in [2.05, 4.69) is 48.8 Å². The van der Waals surface area contributed by atoms with Crippen molar-refractivity contribution < 1.29 is 0 Å². The highest BCUT2D eigenvalue weighted by Gasteiger charge is 2.13. The molecule has 0 spiro atoms. The molecule has 2 aromatic heterocycles. The van der Waals surface area contributed by atoms with Crippen LogP contribution in [-0.4, -0.2) is 0 Å². The third kappa shape index (κ3) is 3.96. The summed E-state index contributed by atoms with van der Waals surface area (Å²) < 4.78 is 0. The summed E-state index contributed by atoms with van der Waals surface area (Å²) in [5, 5.41) is 0.964. The lowest BCUT2D eigenvalue weighted by Crippen LogP contribution is -1.85. The average Bonchev–Trinajstić information content (AvgIpc) is 2.97. The van der Waals surface area contributed by atoms with E-state index in [-0.39, 0.29) is 0 Å². The first-order valence-electron chi connectivity index (χ1n) is 7.40. The van der Waals surface area contributed by atoms with Crippen LogP contribution >= 0.6 is 38.6 Å². The van der Waals surface area contributed by atoms with Gasteiger partial charge in [-0.25, -0.2) is 0 Å². The molecular weight excluding hydrogens is 348 g/mol. The molecule has 3 heteroatoms. The van der Waals surface area contributed by atoms with Crippen LogP contribution in [0.3, 0.4) is 0 Å². The Labute approximate surface area is 139 Å². The van der Waals surface area contributed by atoms with E-state index in [0.29, 0.717) is 0 Å². The van der Waals surface area contributed by atoms with Gasteiger partial charge in [-0.2, -0.15) is 0 Å². The molecule has 0 nitrogen and oxygen atoms in total. The summed E-state index contributed by atoms with van der Waals surface area (Å²) in [6.07, 6.45) is 6.60. The van der Waals surface area contributed by atoms with E-state index >= 15 is 0 Å². The highest BCUT2D eigenvalue weighted by atomic mass is 79.9. The van der Waals surface area contributed by atoms with Crippen molar-refractivity contribution >= 4 is 38.6 Å². The molecule has 20 heavy (non-hydrogen) atoms. The monoisotopic (exact) mass is 370 g/mol. The SMILES string of the molecule is CCCCCCc1cc(C)sc1-c1cc(CBr)c(C)s1. The van der Waals surface area contributed by atoms with Gasteiger partial charge in [0.2, 0.25) is 0 Å². The predicted molar refractivity (Wildman–Crippen MR) is 97.6 cm³/mol. The van der Waals surface area contributed by atoms with Crippen molar-refractivity contribution in [2.45, 2.75) is 58.2 Å². The van der Waals surface area contributed by atoms with Crippen LogP contribution in [0.1, 0.15) is 53.5 Å². The smallest absolute Gasteiger partial charge is 0.0477 e. The minimum absolute atomic E-state index is 0.964. The second kappa shape index (κ2) is 7.77. The lowest BCUT2D eigenvalue weighted by molar-refractivity contribution is 0.668. The van der Waals surface area contributed by atoms with Gasteiger partial charge in [0.25, 0.3) is 0 Å². The largest absolute Gasteiger partial charge is 0.139 e. The van der Waals surface area contributed by atoms with Crippen LogP contribution in [0.25, 0.3) is 9.75 Å². The van der Waals surface area contributed by atoms with Crippen molar-refractivity contribution in [1.82, 2.24) is 0 Å². The minimum Gasteiger partial charge on any atom is -0.139 e. The van der Waals surface area contributed by atoms with Gasteiger partial charge in [0.15, 0.2) is 0 Å². The number of hydrogen-bond donors (Lipinski definition) is 0. The molecule has 0 N–H and O–H groups in total. The molecule has 2 heterocycles. The standard InChI is InChI=1S/C17H23BrS2/c1-4-5-6-7-8-14-9-12(2)19-17(14)16-10-15(11-18)13(3)20-16/h9-10H,4-8,11H2,1-3H3. The first-order chi connectivity index (χ1) is 9.65. The van der Waals surface area contributed by atoms with Crippen molar-refractivity contribution in [1.29, 1.82) is 0 Å². The molecule has 0 radical (unpaired) electrons. The normalized spacial score (nSPS) is 11.2. The second-order valence-electron chi connectivity index (χ2n) is 5.35. The molecular formula is C17H23BrS2. The van der Waals surface area contributed by atoms with Gasteiger partial charge in [-0.3, -0.25) is 0 Å². The summed E-state index contributed by atoms with van der Waals surface area (Å²) in [5.41, 5.74) is 3.00. The van der Waals surface area contributed by atoms with Gasteiger partial charge in [0.05, 0.1) is 0 Å². The number of thiophene rings is 2. The molecule has 0 aromatic carbocycles. The molecule has 0 saturated heterocycles. The molecule has 0 amide bonds. The molecule has 0 atom stereocenters. The van der Waals surface area contributed by atoms with Crippen LogP contribution in [0, 0.1) is 13.8 Å². The van der Waals surface area contributed by atoms with Crippen molar-refractivity contribution in [3.8, 4) is 9.75 Å². The first-order valence-corrected chi connectivity index (χ1v) is 10.2. The van der Waals surface area contributed by atoms with Gasteiger partial charge in [-0.05, 0) is 49.9 Å². The quantitative estimate of drug-likeness (QED) is 0.359. The van der Waals surface area contributed by atoms with E-state index in [1.165, 1.54) is 57.2 Å². The number of halogens is 1. The van der Waals surface area contributed by atoms with Gasteiger partial charge < -0.3 is 0 Å². The number of alkyl halides is 1. The highest BCUT2D eigenvalue weighted by Crippen LogP contribution is 2.39. The van der Waals surface area contributed by atoms with Crippen molar-refractivity contribution in [3.63, 3.8) is 0 Å². The van der Waals surface area contributed by atoms with E-state index in [0.717, 1.165) is 5.33 Å². The van der Waals surface area contributed by atoms with Crippen LogP contribution in [0.4, 0.5) is 0 Å². The minimum atomic E-state index is 0.964. The summed E-state index contributed by atoms with van der Waals surface area (Å²) in [5.74, 6) is 0. The Hall–Kier alpha value is -0.120. The molecule has 110 valence electrons. The summed E-state index contributed by atoms with van der Waals surface area (Å²) in [7, 11) is 0. The highest BCUT2D eigenvalue weighted by molar-refractivity contribution is 9.08. The molecule has 0 saturated carbocycles.